The highest BCUT2D eigenvalue weighted by Crippen LogP contribution is 2.71. The van der Waals surface area contributed by atoms with Crippen LogP contribution in [0.3, 0.4) is 0 Å². The minimum atomic E-state index is -0.740. The minimum Gasteiger partial charge on any atom is -0.465 e. The van der Waals surface area contributed by atoms with Gasteiger partial charge in [-0.15, -0.1) is 24.9 Å². The number of nitrogens with zero attached hydrogens (tertiary/aromatic N) is 2. The molecule has 2 unspecified atom stereocenters. The summed E-state index contributed by atoms with van der Waals surface area (Å²) >= 11 is 1.63. The molecule has 3 fully saturated rings. The maximum absolute atomic E-state index is 14.2. The summed E-state index contributed by atoms with van der Waals surface area (Å²) in [7, 11) is 0. The molecule has 0 aromatic carbocycles. The molecule has 0 aliphatic carbocycles. The van der Waals surface area contributed by atoms with E-state index in [-0.39, 0.29) is 43.0 Å². The molecule has 8 heteroatoms. The van der Waals surface area contributed by atoms with Crippen LogP contribution in [0.2, 0.25) is 0 Å². The summed E-state index contributed by atoms with van der Waals surface area (Å²) in [6.45, 7) is 17.9. The molecule has 7 nitrogen and oxygen atoms in total. The molecular formula is C27H42N2O5S. The fourth-order valence-corrected chi connectivity index (χ4v) is 8.72. The van der Waals surface area contributed by atoms with E-state index in [1.54, 1.807) is 33.7 Å². The van der Waals surface area contributed by atoms with Crippen LogP contribution in [-0.2, 0) is 19.1 Å². The average Bonchev–Trinajstić information content (AvgIpc) is 3.36. The Morgan fingerprint density at radius 3 is 2.49 bits per heavy atom. The Morgan fingerprint density at radius 2 is 1.94 bits per heavy atom. The Balaban J connectivity index is 2.10. The van der Waals surface area contributed by atoms with E-state index in [4.69, 9.17) is 4.74 Å². The Labute approximate surface area is 214 Å². The fraction of sp³-hybridized carbons (Fsp3) is 0.741. The summed E-state index contributed by atoms with van der Waals surface area (Å²) < 4.78 is 4.41. The molecule has 3 aliphatic rings. The van der Waals surface area contributed by atoms with Crippen LogP contribution >= 0.6 is 11.8 Å². The number of rotatable bonds is 12. The van der Waals surface area contributed by atoms with Gasteiger partial charge >= 0.3 is 5.97 Å². The summed E-state index contributed by atoms with van der Waals surface area (Å²) in [5.74, 6) is -1.74. The number of aliphatic hydroxyl groups excluding tert-OH is 1. The zero-order valence-electron chi connectivity index (χ0n) is 21.9. The van der Waals surface area contributed by atoms with Gasteiger partial charge < -0.3 is 19.6 Å². The monoisotopic (exact) mass is 506 g/mol. The highest BCUT2D eigenvalue weighted by atomic mass is 32.2. The molecule has 3 saturated heterocycles. The highest BCUT2D eigenvalue weighted by Gasteiger charge is 2.78. The molecule has 0 saturated carbocycles. The first-order chi connectivity index (χ1) is 16.5. The van der Waals surface area contributed by atoms with Crippen LogP contribution in [0, 0.1) is 17.8 Å². The van der Waals surface area contributed by atoms with Crippen molar-refractivity contribution in [3.63, 3.8) is 0 Å². The molecule has 196 valence electrons. The summed E-state index contributed by atoms with van der Waals surface area (Å²) in [6, 6.07) is -1.31. The highest BCUT2D eigenvalue weighted by molar-refractivity contribution is 8.02. The van der Waals surface area contributed by atoms with E-state index in [1.807, 2.05) is 34.6 Å². The van der Waals surface area contributed by atoms with Crippen molar-refractivity contribution in [1.82, 2.24) is 9.80 Å². The quantitative estimate of drug-likeness (QED) is 0.248. The fourth-order valence-electron chi connectivity index (χ4n) is 6.40. The molecule has 6 atom stereocenters. The first-order valence-corrected chi connectivity index (χ1v) is 13.6. The van der Waals surface area contributed by atoms with Crippen molar-refractivity contribution in [3.05, 3.63) is 25.3 Å². The molecule has 0 aromatic heterocycles. The second-order valence-electron chi connectivity index (χ2n) is 11.1. The van der Waals surface area contributed by atoms with Crippen LogP contribution in [0.25, 0.3) is 0 Å². The van der Waals surface area contributed by atoms with E-state index in [1.165, 1.54) is 0 Å². The van der Waals surface area contributed by atoms with E-state index < -0.39 is 33.4 Å². The van der Waals surface area contributed by atoms with Crippen molar-refractivity contribution in [2.45, 2.75) is 87.9 Å². The number of likely N-dealkylation sites (tertiary alicyclic amines) is 1. The number of hydrogen-bond donors (Lipinski definition) is 1. The van der Waals surface area contributed by atoms with Crippen molar-refractivity contribution in [1.29, 1.82) is 0 Å². The first kappa shape index (κ1) is 27.8. The molecule has 35 heavy (non-hydrogen) atoms. The Kier molecular flexibility index (Phi) is 8.47. The molecule has 1 spiro atoms. The number of fused-ring (bicyclic) bond motifs is 1. The molecule has 0 radical (unpaired) electrons. The maximum Gasteiger partial charge on any atom is 0.311 e. The molecule has 2 bridgehead atoms. The normalized spacial score (nSPS) is 32.2. The van der Waals surface area contributed by atoms with E-state index in [0.29, 0.717) is 25.8 Å². The smallest absolute Gasteiger partial charge is 0.311 e. The van der Waals surface area contributed by atoms with Gasteiger partial charge in [-0.3, -0.25) is 14.4 Å². The predicted octanol–water partition coefficient (Wildman–Crippen LogP) is 3.42. The van der Waals surface area contributed by atoms with Gasteiger partial charge in [-0.1, -0.05) is 26.0 Å². The van der Waals surface area contributed by atoms with Gasteiger partial charge in [-0.2, -0.15) is 0 Å². The van der Waals surface area contributed by atoms with Gasteiger partial charge in [-0.25, -0.2) is 0 Å². The third-order valence-electron chi connectivity index (χ3n) is 7.85. The average molecular weight is 507 g/mol. The summed E-state index contributed by atoms with van der Waals surface area (Å²) in [4.78, 5) is 45.2. The lowest BCUT2D eigenvalue weighted by Crippen LogP contribution is -2.58. The number of amides is 2. The molecular weight excluding hydrogens is 464 g/mol. The molecule has 2 amide bonds. The number of thioether (sulfide) groups is 1. The van der Waals surface area contributed by atoms with Crippen molar-refractivity contribution in [2.75, 3.05) is 19.8 Å². The SMILES string of the molecule is C=CCCOC(=O)[C@H]1[C@H]2C(=O)N([C@@H](CO)CC(C)C)C(C(=O)N(CC=C)C(C)C)C23CC[C@]1(C)S3. The molecule has 3 aliphatic heterocycles. The van der Waals surface area contributed by atoms with Crippen molar-refractivity contribution < 1.29 is 24.2 Å². The van der Waals surface area contributed by atoms with Crippen LogP contribution in [0.5, 0.6) is 0 Å². The molecule has 3 heterocycles. The van der Waals surface area contributed by atoms with E-state index in [9.17, 15) is 19.5 Å². The van der Waals surface area contributed by atoms with E-state index >= 15 is 0 Å². The van der Waals surface area contributed by atoms with Crippen LogP contribution < -0.4 is 0 Å². The van der Waals surface area contributed by atoms with Crippen LogP contribution in [0.1, 0.15) is 60.3 Å². The third-order valence-corrected chi connectivity index (χ3v) is 9.83. The second-order valence-corrected chi connectivity index (χ2v) is 13.0. The van der Waals surface area contributed by atoms with Gasteiger partial charge in [0.15, 0.2) is 0 Å². The standard InChI is InChI=1S/C27H42N2O5S/c1-8-10-14-34-25(33)21-20-23(31)29(19(16-30)15-17(3)4)22(24(32)28(13-9-2)18(5)6)27(20)12-11-26(21,7)35-27/h8-9,17-22,30H,1-2,10-16H2,3-7H3/t19-,20+,21-,22?,26+,27?/m1/s1. The zero-order chi connectivity index (χ0) is 26.1. The van der Waals surface area contributed by atoms with Gasteiger partial charge in [0.1, 0.15) is 6.04 Å². The Morgan fingerprint density at radius 1 is 1.26 bits per heavy atom. The van der Waals surface area contributed by atoms with Crippen molar-refractivity contribution in [3.8, 4) is 0 Å². The molecule has 0 aromatic rings. The van der Waals surface area contributed by atoms with Crippen LogP contribution in [0.15, 0.2) is 25.3 Å². The number of aliphatic hydroxyl groups is 1. The largest absolute Gasteiger partial charge is 0.465 e. The van der Waals surface area contributed by atoms with E-state index in [0.717, 1.165) is 6.42 Å². The lowest BCUT2D eigenvalue weighted by molar-refractivity contribution is -0.156. The Bertz CT molecular complexity index is 861. The topological polar surface area (TPSA) is 87.1 Å². The molecule has 1 N–H and O–H groups in total. The van der Waals surface area contributed by atoms with Crippen molar-refractivity contribution >= 4 is 29.5 Å². The third kappa shape index (κ3) is 4.68. The number of carbonyl (C=O) groups is 3. The van der Waals surface area contributed by atoms with Gasteiger partial charge in [0.25, 0.3) is 0 Å². The van der Waals surface area contributed by atoms with Crippen LogP contribution in [-0.4, -0.2) is 80.1 Å². The van der Waals surface area contributed by atoms with Gasteiger partial charge in [0.2, 0.25) is 11.8 Å². The second kappa shape index (κ2) is 10.7. The number of carbonyl (C=O) groups excluding carboxylic acids is 3. The van der Waals surface area contributed by atoms with Crippen molar-refractivity contribution in [2.24, 2.45) is 17.8 Å². The zero-order valence-corrected chi connectivity index (χ0v) is 22.7. The lowest BCUT2D eigenvalue weighted by Gasteiger charge is -2.41. The van der Waals surface area contributed by atoms with Gasteiger partial charge in [0.05, 0.1) is 35.8 Å². The number of esters is 1. The van der Waals surface area contributed by atoms with E-state index in [2.05, 4.69) is 13.2 Å². The minimum absolute atomic E-state index is 0.0792. The Hall–Kier alpha value is -1.80. The summed E-state index contributed by atoms with van der Waals surface area (Å²) in [6.07, 6.45) is 5.93. The summed E-state index contributed by atoms with van der Waals surface area (Å²) in [5, 5.41) is 10.4. The number of ether oxygens (including phenoxy) is 1. The number of hydrogen-bond acceptors (Lipinski definition) is 6. The predicted molar refractivity (Wildman–Crippen MR) is 139 cm³/mol. The van der Waals surface area contributed by atoms with Gasteiger partial charge in [0, 0.05) is 17.3 Å². The summed E-state index contributed by atoms with van der Waals surface area (Å²) in [5.41, 5.74) is 0. The first-order valence-electron chi connectivity index (χ1n) is 12.8. The van der Waals surface area contributed by atoms with Gasteiger partial charge in [-0.05, 0) is 52.4 Å². The molecule has 3 rings (SSSR count). The lowest BCUT2D eigenvalue weighted by atomic mass is 9.66. The van der Waals surface area contributed by atoms with Crippen LogP contribution in [0.4, 0.5) is 0 Å². The maximum atomic E-state index is 14.2.